The third-order valence-corrected chi connectivity index (χ3v) is 3.32. The SMILES string of the molecule is CCn1nncc1C(=O)NC(C)(C)c1cccc(C)c1. The van der Waals surface area contributed by atoms with Gasteiger partial charge in [-0.05, 0) is 33.3 Å². The lowest BCUT2D eigenvalue weighted by Gasteiger charge is -2.27. The van der Waals surface area contributed by atoms with Gasteiger partial charge >= 0.3 is 0 Å². The van der Waals surface area contributed by atoms with Crippen molar-refractivity contribution in [3.05, 3.63) is 47.3 Å². The molecule has 106 valence electrons. The highest BCUT2D eigenvalue weighted by Crippen LogP contribution is 2.21. The van der Waals surface area contributed by atoms with Gasteiger partial charge in [0.2, 0.25) is 0 Å². The highest BCUT2D eigenvalue weighted by Gasteiger charge is 2.25. The molecule has 0 radical (unpaired) electrons. The van der Waals surface area contributed by atoms with Crippen LogP contribution in [0.5, 0.6) is 0 Å². The van der Waals surface area contributed by atoms with Crippen molar-refractivity contribution >= 4 is 5.91 Å². The Morgan fingerprint density at radius 3 is 2.80 bits per heavy atom. The fourth-order valence-electron chi connectivity index (χ4n) is 2.12. The molecule has 5 heteroatoms. The predicted octanol–water partition coefficient (Wildman–Crippen LogP) is 2.27. The van der Waals surface area contributed by atoms with E-state index in [1.165, 1.54) is 11.8 Å². The quantitative estimate of drug-likeness (QED) is 0.928. The molecular formula is C15H20N4O. The first-order chi connectivity index (χ1) is 9.44. The molecule has 2 aromatic rings. The first kappa shape index (κ1) is 14.2. The molecule has 5 nitrogen and oxygen atoms in total. The van der Waals surface area contributed by atoms with Crippen LogP contribution in [0.1, 0.15) is 42.4 Å². The molecule has 0 unspecified atom stereocenters. The molecule has 0 bridgehead atoms. The lowest BCUT2D eigenvalue weighted by molar-refractivity contribution is 0.0901. The van der Waals surface area contributed by atoms with Crippen LogP contribution in [0.2, 0.25) is 0 Å². The van der Waals surface area contributed by atoms with Crippen molar-refractivity contribution in [1.82, 2.24) is 20.3 Å². The minimum atomic E-state index is -0.452. The summed E-state index contributed by atoms with van der Waals surface area (Å²) >= 11 is 0. The first-order valence-corrected chi connectivity index (χ1v) is 6.72. The summed E-state index contributed by atoms with van der Waals surface area (Å²) < 4.78 is 1.58. The molecule has 0 spiro atoms. The summed E-state index contributed by atoms with van der Waals surface area (Å²) in [6.07, 6.45) is 1.49. The Morgan fingerprint density at radius 1 is 1.40 bits per heavy atom. The molecule has 20 heavy (non-hydrogen) atoms. The van der Waals surface area contributed by atoms with E-state index in [4.69, 9.17) is 0 Å². The van der Waals surface area contributed by atoms with Gasteiger partial charge in [0, 0.05) is 6.54 Å². The molecular weight excluding hydrogens is 252 g/mol. The van der Waals surface area contributed by atoms with Gasteiger partial charge in [-0.15, -0.1) is 5.10 Å². The second kappa shape index (κ2) is 5.45. The largest absolute Gasteiger partial charge is 0.342 e. The van der Waals surface area contributed by atoms with Crippen LogP contribution in [0, 0.1) is 6.92 Å². The maximum Gasteiger partial charge on any atom is 0.271 e. The average molecular weight is 272 g/mol. The van der Waals surface area contributed by atoms with Crippen molar-refractivity contribution < 1.29 is 4.79 Å². The summed E-state index contributed by atoms with van der Waals surface area (Å²) in [5.41, 5.74) is 2.27. The maximum absolute atomic E-state index is 12.3. The van der Waals surface area contributed by atoms with Crippen molar-refractivity contribution in [1.29, 1.82) is 0 Å². The third-order valence-electron chi connectivity index (χ3n) is 3.32. The summed E-state index contributed by atoms with van der Waals surface area (Å²) in [7, 11) is 0. The molecule has 0 aliphatic heterocycles. The lowest BCUT2D eigenvalue weighted by Crippen LogP contribution is -2.41. The molecule has 0 saturated heterocycles. The zero-order chi connectivity index (χ0) is 14.8. The Labute approximate surface area is 119 Å². The van der Waals surface area contributed by atoms with E-state index in [2.05, 4.69) is 21.7 Å². The van der Waals surface area contributed by atoms with Gasteiger partial charge in [-0.2, -0.15) is 0 Å². The van der Waals surface area contributed by atoms with E-state index < -0.39 is 5.54 Å². The number of carbonyl (C=O) groups excluding carboxylic acids is 1. The minimum absolute atomic E-state index is 0.164. The highest BCUT2D eigenvalue weighted by molar-refractivity contribution is 5.92. The fourth-order valence-corrected chi connectivity index (χ4v) is 2.12. The van der Waals surface area contributed by atoms with Crippen LogP contribution in [0.25, 0.3) is 0 Å². The number of benzene rings is 1. The van der Waals surface area contributed by atoms with Crippen molar-refractivity contribution in [2.75, 3.05) is 0 Å². The highest BCUT2D eigenvalue weighted by atomic mass is 16.2. The molecule has 1 aromatic heterocycles. The van der Waals surface area contributed by atoms with Crippen LogP contribution in [0.15, 0.2) is 30.5 Å². The van der Waals surface area contributed by atoms with E-state index in [9.17, 15) is 4.79 Å². The Kier molecular flexibility index (Phi) is 3.88. The smallest absolute Gasteiger partial charge is 0.271 e. The number of carbonyl (C=O) groups is 1. The summed E-state index contributed by atoms with van der Waals surface area (Å²) in [5.74, 6) is -0.164. The summed E-state index contributed by atoms with van der Waals surface area (Å²) in [6, 6.07) is 8.13. The van der Waals surface area contributed by atoms with E-state index in [0.29, 0.717) is 12.2 Å². The second-order valence-corrected chi connectivity index (χ2v) is 5.38. The Bertz CT molecular complexity index is 616. The van der Waals surface area contributed by atoms with E-state index in [0.717, 1.165) is 5.56 Å². The molecule has 1 aromatic carbocycles. The van der Waals surface area contributed by atoms with Gasteiger partial charge in [-0.3, -0.25) is 4.79 Å². The number of nitrogens with zero attached hydrogens (tertiary/aromatic N) is 3. The van der Waals surface area contributed by atoms with Gasteiger partial charge < -0.3 is 5.32 Å². The van der Waals surface area contributed by atoms with E-state index in [1.54, 1.807) is 4.68 Å². The molecule has 0 atom stereocenters. The number of rotatable bonds is 4. The second-order valence-electron chi connectivity index (χ2n) is 5.38. The van der Waals surface area contributed by atoms with Crippen molar-refractivity contribution in [3.8, 4) is 0 Å². The van der Waals surface area contributed by atoms with Crippen LogP contribution in [-0.4, -0.2) is 20.9 Å². The topological polar surface area (TPSA) is 59.8 Å². The van der Waals surface area contributed by atoms with Gasteiger partial charge in [-0.1, -0.05) is 35.0 Å². The van der Waals surface area contributed by atoms with E-state index in [1.807, 2.05) is 45.9 Å². The summed E-state index contributed by atoms with van der Waals surface area (Å²) in [6.45, 7) is 8.56. The van der Waals surface area contributed by atoms with Crippen LogP contribution < -0.4 is 5.32 Å². The molecule has 1 N–H and O–H groups in total. The number of aromatic nitrogens is 3. The molecule has 2 rings (SSSR count). The normalized spacial score (nSPS) is 11.4. The van der Waals surface area contributed by atoms with Gasteiger partial charge in [0.15, 0.2) is 0 Å². The molecule has 0 fully saturated rings. The van der Waals surface area contributed by atoms with Gasteiger partial charge in [-0.25, -0.2) is 4.68 Å². The predicted molar refractivity (Wildman–Crippen MR) is 77.4 cm³/mol. The molecule has 1 heterocycles. The van der Waals surface area contributed by atoms with Crippen molar-refractivity contribution in [2.45, 2.75) is 39.8 Å². The Balaban J connectivity index is 2.22. The zero-order valence-corrected chi connectivity index (χ0v) is 12.3. The Hall–Kier alpha value is -2.17. The van der Waals surface area contributed by atoms with Gasteiger partial charge in [0.05, 0.1) is 11.7 Å². The van der Waals surface area contributed by atoms with Crippen molar-refractivity contribution in [2.24, 2.45) is 0 Å². The van der Waals surface area contributed by atoms with Crippen LogP contribution in [0.4, 0.5) is 0 Å². The summed E-state index contributed by atoms with van der Waals surface area (Å²) in [5, 5.41) is 10.7. The average Bonchev–Trinajstić information content (AvgIpc) is 2.86. The maximum atomic E-state index is 12.3. The van der Waals surface area contributed by atoms with E-state index >= 15 is 0 Å². The third kappa shape index (κ3) is 2.87. The fraction of sp³-hybridized carbons (Fsp3) is 0.400. The number of amides is 1. The number of aryl methyl sites for hydroxylation is 2. The monoisotopic (exact) mass is 272 g/mol. The van der Waals surface area contributed by atoms with Crippen molar-refractivity contribution in [3.63, 3.8) is 0 Å². The van der Waals surface area contributed by atoms with Crippen LogP contribution in [-0.2, 0) is 12.1 Å². The first-order valence-electron chi connectivity index (χ1n) is 6.72. The molecule has 0 aliphatic rings. The van der Waals surface area contributed by atoms with Crippen LogP contribution >= 0.6 is 0 Å². The van der Waals surface area contributed by atoms with E-state index in [-0.39, 0.29) is 5.91 Å². The molecule has 1 amide bonds. The van der Waals surface area contributed by atoms with Gasteiger partial charge in [0.1, 0.15) is 5.69 Å². The number of hydrogen-bond acceptors (Lipinski definition) is 3. The lowest BCUT2D eigenvalue weighted by atomic mass is 9.93. The standard InChI is InChI=1S/C15H20N4O/c1-5-19-13(10-16-18-19)14(20)17-15(3,4)12-8-6-7-11(2)9-12/h6-10H,5H2,1-4H3,(H,17,20). The van der Waals surface area contributed by atoms with Gasteiger partial charge in [0.25, 0.3) is 5.91 Å². The molecule has 0 aliphatic carbocycles. The minimum Gasteiger partial charge on any atom is -0.342 e. The Morgan fingerprint density at radius 2 is 2.15 bits per heavy atom. The number of nitrogens with one attached hydrogen (secondary N) is 1. The molecule has 0 saturated carbocycles. The van der Waals surface area contributed by atoms with Crippen LogP contribution in [0.3, 0.4) is 0 Å². The zero-order valence-electron chi connectivity index (χ0n) is 12.3. The summed E-state index contributed by atoms with van der Waals surface area (Å²) in [4.78, 5) is 12.3. The number of hydrogen-bond donors (Lipinski definition) is 1.